The van der Waals surface area contributed by atoms with Gasteiger partial charge in [-0.1, -0.05) is 18.2 Å². The van der Waals surface area contributed by atoms with Crippen molar-refractivity contribution in [2.24, 2.45) is 0 Å². The monoisotopic (exact) mass is 385 g/mol. The van der Waals surface area contributed by atoms with Crippen molar-refractivity contribution in [3.05, 3.63) is 35.9 Å². The summed E-state index contributed by atoms with van der Waals surface area (Å²) < 4.78 is 5.27. The van der Waals surface area contributed by atoms with Crippen LogP contribution in [-0.4, -0.2) is 65.7 Å². The highest BCUT2D eigenvalue weighted by Gasteiger charge is 2.45. The van der Waals surface area contributed by atoms with Crippen LogP contribution in [0, 0.1) is 0 Å². The third kappa shape index (κ3) is 4.02. The number of likely N-dealkylation sites (tertiary alicyclic amines) is 1. The minimum absolute atomic E-state index is 0.0182. The molecule has 152 valence electrons. The number of carbonyl (C=O) groups is 2. The predicted molar refractivity (Wildman–Crippen MR) is 107 cm³/mol. The molecule has 3 atom stereocenters. The molecule has 2 amide bonds. The average Bonchev–Trinajstić information content (AvgIpc) is 2.99. The molecule has 6 heteroatoms. The quantitative estimate of drug-likeness (QED) is 0.865. The van der Waals surface area contributed by atoms with Crippen LogP contribution in [0.5, 0.6) is 0 Å². The lowest BCUT2D eigenvalue weighted by molar-refractivity contribution is 0.0309. The zero-order valence-corrected chi connectivity index (χ0v) is 16.7. The van der Waals surface area contributed by atoms with E-state index in [4.69, 9.17) is 4.74 Å². The van der Waals surface area contributed by atoms with Crippen LogP contribution in [0.4, 0.5) is 4.79 Å². The highest BCUT2D eigenvalue weighted by molar-refractivity contribution is 5.94. The normalized spacial score (nSPS) is 30.1. The predicted octanol–water partition coefficient (Wildman–Crippen LogP) is 3.03. The molecule has 1 aromatic rings. The number of benzene rings is 1. The molecular formula is C22H31N3O3. The van der Waals surface area contributed by atoms with E-state index in [0.717, 1.165) is 57.2 Å². The van der Waals surface area contributed by atoms with Gasteiger partial charge in [0, 0.05) is 36.3 Å². The fraction of sp³-hybridized carbons (Fsp3) is 0.636. The van der Waals surface area contributed by atoms with Crippen LogP contribution < -0.4 is 5.32 Å². The zero-order chi connectivity index (χ0) is 19.5. The topological polar surface area (TPSA) is 61.9 Å². The summed E-state index contributed by atoms with van der Waals surface area (Å²) in [5, 5.41) is 3.22. The number of hydrogen-bond acceptors (Lipinski definition) is 4. The van der Waals surface area contributed by atoms with E-state index < -0.39 is 0 Å². The maximum absolute atomic E-state index is 12.5. The number of nitrogens with one attached hydrogen (secondary N) is 1. The lowest BCUT2D eigenvalue weighted by atomic mass is 9.93. The number of ether oxygens (including phenoxy) is 1. The van der Waals surface area contributed by atoms with Crippen molar-refractivity contribution < 1.29 is 14.3 Å². The van der Waals surface area contributed by atoms with Gasteiger partial charge in [0.05, 0.1) is 6.61 Å². The molecule has 4 rings (SSSR count). The standard InChI is InChI=1S/C22H31N3O3/c1-2-28-22(27)25-18-10-11-19(25)14-20(13-18)24-12-6-9-17(15-24)23-21(26)16-7-4-3-5-8-16/h3-5,7-8,17-20H,2,6,9-15H2,1H3,(H,23,26)/t17-,18?,19?,20?/m0/s1. The number of fused-ring (bicyclic) bond motifs is 2. The van der Waals surface area contributed by atoms with E-state index >= 15 is 0 Å². The summed E-state index contributed by atoms with van der Waals surface area (Å²) >= 11 is 0. The first-order valence-electron chi connectivity index (χ1n) is 10.7. The van der Waals surface area contributed by atoms with Gasteiger partial charge in [0.25, 0.3) is 5.91 Å². The molecule has 2 unspecified atom stereocenters. The number of hydrogen-bond donors (Lipinski definition) is 1. The Morgan fingerprint density at radius 2 is 1.79 bits per heavy atom. The van der Waals surface area contributed by atoms with E-state index in [2.05, 4.69) is 10.2 Å². The smallest absolute Gasteiger partial charge is 0.410 e. The molecule has 28 heavy (non-hydrogen) atoms. The third-order valence-electron chi connectivity index (χ3n) is 6.53. The average molecular weight is 386 g/mol. The Morgan fingerprint density at radius 1 is 1.07 bits per heavy atom. The molecular weight excluding hydrogens is 354 g/mol. The van der Waals surface area contributed by atoms with Gasteiger partial charge in [-0.3, -0.25) is 9.69 Å². The Bertz CT molecular complexity index is 682. The minimum Gasteiger partial charge on any atom is -0.450 e. The fourth-order valence-electron chi connectivity index (χ4n) is 5.26. The number of piperidine rings is 2. The molecule has 3 heterocycles. The summed E-state index contributed by atoms with van der Waals surface area (Å²) in [6.07, 6.45) is 6.21. The summed E-state index contributed by atoms with van der Waals surface area (Å²) in [6, 6.07) is 10.8. The van der Waals surface area contributed by atoms with E-state index in [1.807, 2.05) is 42.2 Å². The van der Waals surface area contributed by atoms with Gasteiger partial charge in [-0.2, -0.15) is 0 Å². The first kappa shape index (κ1) is 19.2. The lowest BCUT2D eigenvalue weighted by Gasteiger charge is -2.45. The Kier molecular flexibility index (Phi) is 5.85. The lowest BCUT2D eigenvalue weighted by Crippen LogP contribution is -2.56. The Labute approximate surface area is 167 Å². The van der Waals surface area contributed by atoms with Crippen molar-refractivity contribution in [2.75, 3.05) is 19.7 Å². The maximum Gasteiger partial charge on any atom is 0.410 e. The van der Waals surface area contributed by atoms with Crippen LogP contribution in [0.25, 0.3) is 0 Å². The van der Waals surface area contributed by atoms with Crippen LogP contribution in [0.1, 0.15) is 55.8 Å². The zero-order valence-electron chi connectivity index (χ0n) is 16.7. The number of amides is 2. The molecule has 0 saturated carbocycles. The molecule has 1 aromatic carbocycles. The molecule has 2 bridgehead atoms. The Hall–Kier alpha value is -2.08. The number of nitrogens with zero attached hydrogens (tertiary/aromatic N) is 2. The van der Waals surface area contributed by atoms with Gasteiger partial charge in [-0.05, 0) is 64.1 Å². The SMILES string of the molecule is CCOC(=O)N1C2CCC1CC(N1CCC[C@H](NC(=O)c3ccccc3)C1)C2. The Morgan fingerprint density at radius 3 is 2.46 bits per heavy atom. The molecule has 3 saturated heterocycles. The fourth-order valence-corrected chi connectivity index (χ4v) is 5.26. The number of rotatable bonds is 4. The first-order chi connectivity index (χ1) is 13.7. The number of carbonyl (C=O) groups excluding carboxylic acids is 2. The van der Waals surface area contributed by atoms with Crippen molar-refractivity contribution >= 4 is 12.0 Å². The van der Waals surface area contributed by atoms with Crippen LogP contribution in [0.2, 0.25) is 0 Å². The van der Waals surface area contributed by atoms with Gasteiger partial charge in [-0.15, -0.1) is 0 Å². The van der Waals surface area contributed by atoms with Crippen LogP contribution in [0.3, 0.4) is 0 Å². The molecule has 0 aromatic heterocycles. The van der Waals surface area contributed by atoms with Gasteiger partial charge in [-0.25, -0.2) is 4.79 Å². The highest BCUT2D eigenvalue weighted by Crippen LogP contribution is 2.38. The second kappa shape index (κ2) is 8.52. The van der Waals surface area contributed by atoms with Crippen molar-refractivity contribution in [1.29, 1.82) is 0 Å². The second-order valence-electron chi connectivity index (χ2n) is 8.29. The van der Waals surface area contributed by atoms with Crippen molar-refractivity contribution in [3.8, 4) is 0 Å². The van der Waals surface area contributed by atoms with Gasteiger partial charge in [0.2, 0.25) is 0 Å². The first-order valence-corrected chi connectivity index (χ1v) is 10.7. The molecule has 1 N–H and O–H groups in total. The highest BCUT2D eigenvalue weighted by atomic mass is 16.6. The summed E-state index contributed by atoms with van der Waals surface area (Å²) in [7, 11) is 0. The van der Waals surface area contributed by atoms with Crippen molar-refractivity contribution in [1.82, 2.24) is 15.1 Å². The summed E-state index contributed by atoms with van der Waals surface area (Å²) in [4.78, 5) is 29.3. The van der Waals surface area contributed by atoms with E-state index in [-0.39, 0.29) is 18.0 Å². The van der Waals surface area contributed by atoms with Gasteiger partial charge < -0.3 is 15.0 Å². The van der Waals surface area contributed by atoms with Crippen LogP contribution in [-0.2, 0) is 4.74 Å². The molecule has 3 aliphatic rings. The summed E-state index contributed by atoms with van der Waals surface area (Å²) in [6.45, 7) is 4.29. The molecule has 0 aliphatic carbocycles. The van der Waals surface area contributed by atoms with E-state index in [1.54, 1.807) is 0 Å². The third-order valence-corrected chi connectivity index (χ3v) is 6.53. The van der Waals surface area contributed by atoms with E-state index in [1.165, 1.54) is 0 Å². The minimum atomic E-state index is -0.139. The van der Waals surface area contributed by atoms with Crippen molar-refractivity contribution in [2.45, 2.75) is 69.6 Å². The Balaban J connectivity index is 1.34. The summed E-state index contributed by atoms with van der Waals surface area (Å²) in [5.41, 5.74) is 0.723. The van der Waals surface area contributed by atoms with Gasteiger partial charge in [0.15, 0.2) is 0 Å². The van der Waals surface area contributed by atoms with Gasteiger partial charge in [0.1, 0.15) is 0 Å². The largest absolute Gasteiger partial charge is 0.450 e. The molecule has 0 spiro atoms. The van der Waals surface area contributed by atoms with Crippen LogP contribution >= 0.6 is 0 Å². The molecule has 0 radical (unpaired) electrons. The van der Waals surface area contributed by atoms with Gasteiger partial charge >= 0.3 is 6.09 Å². The van der Waals surface area contributed by atoms with E-state index in [9.17, 15) is 9.59 Å². The van der Waals surface area contributed by atoms with E-state index in [0.29, 0.717) is 24.7 Å². The van der Waals surface area contributed by atoms with Crippen molar-refractivity contribution in [3.63, 3.8) is 0 Å². The maximum atomic E-state index is 12.5. The summed E-state index contributed by atoms with van der Waals surface area (Å²) in [5.74, 6) is 0.0182. The molecule has 6 nitrogen and oxygen atoms in total. The molecule has 3 aliphatic heterocycles. The second-order valence-corrected chi connectivity index (χ2v) is 8.29. The van der Waals surface area contributed by atoms with Crippen LogP contribution in [0.15, 0.2) is 30.3 Å². The molecule has 3 fully saturated rings.